The second kappa shape index (κ2) is 9.56. The molecule has 4 rings (SSSR count). The predicted molar refractivity (Wildman–Crippen MR) is 124 cm³/mol. The number of carbonyl (C=O) groups excluding carboxylic acids is 2. The van der Waals surface area contributed by atoms with E-state index in [0.29, 0.717) is 18.0 Å². The van der Waals surface area contributed by atoms with Gasteiger partial charge in [0, 0.05) is 18.3 Å². The quantitative estimate of drug-likeness (QED) is 0.609. The van der Waals surface area contributed by atoms with Crippen LogP contribution in [-0.2, 0) is 22.4 Å². The van der Waals surface area contributed by atoms with Crippen molar-refractivity contribution in [3.05, 3.63) is 83.9 Å². The first-order chi connectivity index (χ1) is 15.5. The zero-order valence-corrected chi connectivity index (χ0v) is 18.2. The highest BCUT2D eigenvalue weighted by Crippen LogP contribution is 2.36. The summed E-state index contributed by atoms with van der Waals surface area (Å²) in [6.07, 6.45) is 0.419. The van der Waals surface area contributed by atoms with Crippen LogP contribution in [0.4, 0.5) is 11.4 Å². The van der Waals surface area contributed by atoms with Crippen LogP contribution in [0.5, 0.6) is 11.5 Å². The van der Waals surface area contributed by atoms with Gasteiger partial charge in [-0.2, -0.15) is 0 Å². The van der Waals surface area contributed by atoms with Crippen LogP contribution in [0, 0.1) is 0 Å². The molecule has 0 aromatic heterocycles. The summed E-state index contributed by atoms with van der Waals surface area (Å²) >= 11 is 0. The lowest BCUT2D eigenvalue weighted by Gasteiger charge is -2.33. The van der Waals surface area contributed by atoms with Crippen LogP contribution in [-0.4, -0.2) is 31.6 Å². The number of anilines is 2. The van der Waals surface area contributed by atoms with Crippen molar-refractivity contribution in [1.82, 2.24) is 0 Å². The molecule has 0 saturated carbocycles. The standard InChI is InChI=1S/C26H26N2O4/c1-18-26(30)28(15-14-19-6-4-3-5-7-19)23-13-10-21(17-24(23)32-18)27-25(29)16-20-8-11-22(31-2)12-9-20/h3-13,17-18H,14-16H2,1-2H3,(H,27,29). The number of hydrogen-bond acceptors (Lipinski definition) is 4. The highest BCUT2D eigenvalue weighted by molar-refractivity contribution is 6.00. The van der Waals surface area contributed by atoms with E-state index in [2.05, 4.69) is 17.4 Å². The Labute approximate surface area is 187 Å². The molecule has 1 heterocycles. The number of nitrogens with one attached hydrogen (secondary N) is 1. The number of fused-ring (bicyclic) bond motifs is 1. The average molecular weight is 431 g/mol. The molecule has 0 bridgehead atoms. The maximum absolute atomic E-state index is 12.7. The first kappa shape index (κ1) is 21.4. The molecule has 0 radical (unpaired) electrons. The number of carbonyl (C=O) groups is 2. The summed E-state index contributed by atoms with van der Waals surface area (Å²) < 4.78 is 11.0. The third-order valence-electron chi connectivity index (χ3n) is 5.44. The van der Waals surface area contributed by atoms with E-state index in [9.17, 15) is 9.59 Å². The first-order valence-corrected chi connectivity index (χ1v) is 10.6. The van der Waals surface area contributed by atoms with Gasteiger partial charge in [-0.3, -0.25) is 9.59 Å². The van der Waals surface area contributed by atoms with Crippen molar-refractivity contribution in [2.45, 2.75) is 25.9 Å². The van der Waals surface area contributed by atoms with Gasteiger partial charge in [0.15, 0.2) is 6.10 Å². The zero-order chi connectivity index (χ0) is 22.5. The van der Waals surface area contributed by atoms with Gasteiger partial charge in [-0.15, -0.1) is 0 Å². The Hall–Kier alpha value is -3.80. The van der Waals surface area contributed by atoms with Crippen molar-refractivity contribution in [3.63, 3.8) is 0 Å². The normalized spacial score (nSPS) is 15.0. The third-order valence-corrected chi connectivity index (χ3v) is 5.44. The third kappa shape index (κ3) is 4.91. The van der Waals surface area contributed by atoms with E-state index in [4.69, 9.17) is 9.47 Å². The number of methoxy groups -OCH3 is 1. The van der Waals surface area contributed by atoms with Gasteiger partial charge in [0.2, 0.25) is 5.91 Å². The van der Waals surface area contributed by atoms with Gasteiger partial charge in [-0.25, -0.2) is 0 Å². The number of nitrogens with zero attached hydrogens (tertiary/aromatic N) is 1. The van der Waals surface area contributed by atoms with Crippen LogP contribution in [0.1, 0.15) is 18.1 Å². The Kier molecular flexibility index (Phi) is 6.40. The minimum absolute atomic E-state index is 0.0651. The second-order valence-corrected chi connectivity index (χ2v) is 7.74. The van der Waals surface area contributed by atoms with Gasteiger partial charge < -0.3 is 19.7 Å². The van der Waals surface area contributed by atoms with Crippen molar-refractivity contribution >= 4 is 23.2 Å². The van der Waals surface area contributed by atoms with Gasteiger partial charge in [0.05, 0.1) is 19.2 Å². The molecular weight excluding hydrogens is 404 g/mol. The first-order valence-electron chi connectivity index (χ1n) is 10.6. The molecule has 1 N–H and O–H groups in total. The van der Waals surface area contributed by atoms with E-state index in [-0.39, 0.29) is 18.2 Å². The summed E-state index contributed by atoms with van der Waals surface area (Å²) in [5.41, 5.74) is 3.41. The average Bonchev–Trinajstić information content (AvgIpc) is 2.80. The smallest absolute Gasteiger partial charge is 0.267 e. The molecule has 0 fully saturated rings. The molecule has 0 saturated heterocycles. The number of rotatable bonds is 7. The number of ether oxygens (including phenoxy) is 2. The topological polar surface area (TPSA) is 67.9 Å². The van der Waals surface area contributed by atoms with E-state index < -0.39 is 6.10 Å². The Morgan fingerprint density at radius 1 is 1.03 bits per heavy atom. The molecule has 1 atom stereocenters. The highest BCUT2D eigenvalue weighted by Gasteiger charge is 2.31. The lowest BCUT2D eigenvalue weighted by Crippen LogP contribution is -2.45. The Morgan fingerprint density at radius 2 is 1.78 bits per heavy atom. The molecule has 0 aliphatic carbocycles. The molecule has 2 amide bonds. The van der Waals surface area contributed by atoms with Crippen LogP contribution in [0.3, 0.4) is 0 Å². The SMILES string of the molecule is COc1ccc(CC(=O)Nc2ccc3c(c2)OC(C)C(=O)N3CCc2ccccc2)cc1. The monoisotopic (exact) mass is 430 g/mol. The van der Waals surface area contributed by atoms with Gasteiger partial charge >= 0.3 is 0 Å². The molecule has 0 spiro atoms. The molecule has 3 aromatic carbocycles. The van der Waals surface area contributed by atoms with Crippen molar-refractivity contribution in [2.24, 2.45) is 0 Å². The molecule has 3 aromatic rings. The molecule has 1 unspecified atom stereocenters. The highest BCUT2D eigenvalue weighted by atomic mass is 16.5. The molecule has 32 heavy (non-hydrogen) atoms. The summed E-state index contributed by atoms with van der Waals surface area (Å²) in [6.45, 7) is 2.31. The van der Waals surface area contributed by atoms with Crippen LogP contribution in [0.2, 0.25) is 0 Å². The second-order valence-electron chi connectivity index (χ2n) is 7.74. The summed E-state index contributed by atoms with van der Waals surface area (Å²) in [6, 6.07) is 22.9. The molecule has 1 aliphatic rings. The van der Waals surface area contributed by atoms with E-state index in [0.717, 1.165) is 23.4 Å². The minimum atomic E-state index is -0.580. The minimum Gasteiger partial charge on any atom is -0.497 e. The summed E-state index contributed by atoms with van der Waals surface area (Å²) in [5, 5.41) is 2.91. The fourth-order valence-electron chi connectivity index (χ4n) is 3.74. The fraction of sp³-hybridized carbons (Fsp3) is 0.231. The van der Waals surface area contributed by atoms with E-state index >= 15 is 0 Å². The van der Waals surface area contributed by atoms with Crippen molar-refractivity contribution < 1.29 is 19.1 Å². The maximum atomic E-state index is 12.7. The summed E-state index contributed by atoms with van der Waals surface area (Å²) in [4.78, 5) is 27.0. The fourth-order valence-corrected chi connectivity index (χ4v) is 3.74. The van der Waals surface area contributed by atoms with Crippen molar-refractivity contribution in [2.75, 3.05) is 23.9 Å². The van der Waals surface area contributed by atoms with Crippen LogP contribution in [0.25, 0.3) is 0 Å². The van der Waals surface area contributed by atoms with E-state index in [1.807, 2.05) is 48.5 Å². The Morgan fingerprint density at radius 3 is 2.50 bits per heavy atom. The van der Waals surface area contributed by atoms with Crippen molar-refractivity contribution in [3.8, 4) is 11.5 Å². The molecular formula is C26H26N2O4. The van der Waals surface area contributed by atoms with E-state index in [1.54, 1.807) is 31.1 Å². The van der Waals surface area contributed by atoms with Gasteiger partial charge in [-0.1, -0.05) is 42.5 Å². The van der Waals surface area contributed by atoms with Gasteiger partial charge in [0.25, 0.3) is 5.91 Å². The largest absolute Gasteiger partial charge is 0.497 e. The Bertz CT molecular complexity index is 1100. The summed E-state index contributed by atoms with van der Waals surface area (Å²) in [7, 11) is 1.61. The molecule has 1 aliphatic heterocycles. The zero-order valence-electron chi connectivity index (χ0n) is 18.2. The lowest BCUT2D eigenvalue weighted by atomic mass is 10.1. The molecule has 6 nitrogen and oxygen atoms in total. The van der Waals surface area contributed by atoms with Crippen LogP contribution >= 0.6 is 0 Å². The number of benzene rings is 3. The van der Waals surface area contributed by atoms with Crippen molar-refractivity contribution in [1.29, 1.82) is 0 Å². The lowest BCUT2D eigenvalue weighted by molar-refractivity contribution is -0.125. The number of hydrogen-bond donors (Lipinski definition) is 1. The van der Waals surface area contributed by atoms with Crippen LogP contribution < -0.4 is 19.7 Å². The Balaban J connectivity index is 1.45. The van der Waals surface area contributed by atoms with Gasteiger partial charge in [0.1, 0.15) is 11.5 Å². The maximum Gasteiger partial charge on any atom is 0.267 e. The number of amides is 2. The van der Waals surface area contributed by atoms with Gasteiger partial charge in [-0.05, 0) is 48.7 Å². The van der Waals surface area contributed by atoms with E-state index in [1.165, 1.54) is 5.56 Å². The summed E-state index contributed by atoms with van der Waals surface area (Å²) in [5.74, 6) is 1.15. The van der Waals surface area contributed by atoms with Crippen LogP contribution in [0.15, 0.2) is 72.8 Å². The predicted octanol–water partition coefficient (Wildman–Crippen LogP) is 4.23. The molecule has 164 valence electrons. The molecule has 6 heteroatoms.